The van der Waals surface area contributed by atoms with Crippen molar-refractivity contribution in [2.24, 2.45) is 0 Å². The van der Waals surface area contributed by atoms with Gasteiger partial charge in [0, 0.05) is 36.5 Å². The maximum absolute atomic E-state index is 12.0. The Kier molecular flexibility index (Phi) is 6.97. The number of anilines is 2. The molecule has 1 aromatic carbocycles. The molecule has 0 aliphatic carbocycles. The van der Waals surface area contributed by atoms with Crippen molar-refractivity contribution >= 4 is 52.0 Å². The molecule has 3 N–H and O–H groups in total. The quantitative estimate of drug-likeness (QED) is 0.643. The number of benzene rings is 1. The van der Waals surface area contributed by atoms with E-state index in [0.717, 1.165) is 0 Å². The van der Waals surface area contributed by atoms with Crippen molar-refractivity contribution < 1.29 is 14.4 Å². The van der Waals surface area contributed by atoms with Crippen LogP contribution >= 0.6 is 22.9 Å². The van der Waals surface area contributed by atoms with Crippen molar-refractivity contribution in [2.75, 3.05) is 17.2 Å². The summed E-state index contributed by atoms with van der Waals surface area (Å²) in [6.45, 7) is 1.80. The number of nitrogens with one attached hydrogen (secondary N) is 3. The second kappa shape index (κ2) is 9.19. The molecule has 0 fully saturated rings. The van der Waals surface area contributed by atoms with E-state index in [1.54, 1.807) is 29.6 Å². The number of hydrogen-bond donors (Lipinski definition) is 3. The van der Waals surface area contributed by atoms with Crippen LogP contribution in [0.2, 0.25) is 5.02 Å². The molecule has 2 aromatic rings. The Morgan fingerprint density at radius 3 is 2.64 bits per heavy atom. The van der Waals surface area contributed by atoms with Crippen molar-refractivity contribution in [3.05, 3.63) is 45.6 Å². The molecule has 3 amide bonds. The van der Waals surface area contributed by atoms with Gasteiger partial charge < -0.3 is 16.0 Å². The first-order chi connectivity index (χ1) is 12.0. The molecule has 1 heterocycles. The number of halogens is 1. The highest BCUT2D eigenvalue weighted by atomic mass is 35.5. The molecular formula is C17H18ClN3O3S. The average Bonchev–Trinajstić information content (AvgIpc) is 3.08. The van der Waals surface area contributed by atoms with Crippen molar-refractivity contribution in [1.29, 1.82) is 0 Å². The Labute approximate surface area is 154 Å². The van der Waals surface area contributed by atoms with Crippen molar-refractivity contribution in [3.8, 4) is 0 Å². The lowest BCUT2D eigenvalue weighted by Crippen LogP contribution is -2.25. The zero-order chi connectivity index (χ0) is 18.2. The van der Waals surface area contributed by atoms with E-state index in [1.807, 2.05) is 5.38 Å². The molecular weight excluding hydrogens is 362 g/mol. The van der Waals surface area contributed by atoms with E-state index in [4.69, 9.17) is 11.6 Å². The first kappa shape index (κ1) is 19.0. The fraction of sp³-hybridized carbons (Fsp3) is 0.235. The van der Waals surface area contributed by atoms with Crippen LogP contribution < -0.4 is 16.0 Å². The van der Waals surface area contributed by atoms with Crippen molar-refractivity contribution in [1.82, 2.24) is 5.32 Å². The van der Waals surface area contributed by atoms with Gasteiger partial charge in [-0.05, 0) is 36.1 Å². The highest BCUT2D eigenvalue weighted by molar-refractivity contribution is 7.08. The van der Waals surface area contributed by atoms with E-state index >= 15 is 0 Å². The summed E-state index contributed by atoms with van der Waals surface area (Å²) in [5, 5.41) is 12.1. The summed E-state index contributed by atoms with van der Waals surface area (Å²) in [5.41, 5.74) is 1.61. The zero-order valence-corrected chi connectivity index (χ0v) is 15.2. The van der Waals surface area contributed by atoms with E-state index in [9.17, 15) is 14.4 Å². The van der Waals surface area contributed by atoms with E-state index in [0.29, 0.717) is 34.9 Å². The summed E-state index contributed by atoms with van der Waals surface area (Å²) in [4.78, 5) is 34.8. The van der Waals surface area contributed by atoms with E-state index in [2.05, 4.69) is 16.0 Å². The summed E-state index contributed by atoms with van der Waals surface area (Å²) in [6.07, 6.45) is 0.788. The largest absolute Gasteiger partial charge is 0.352 e. The molecule has 8 heteroatoms. The Morgan fingerprint density at radius 2 is 1.96 bits per heavy atom. The second-order valence-electron chi connectivity index (χ2n) is 5.30. The smallest absolute Gasteiger partial charge is 0.252 e. The van der Waals surface area contributed by atoms with Crippen LogP contribution in [-0.2, 0) is 9.59 Å². The molecule has 0 atom stereocenters. The first-order valence-electron chi connectivity index (χ1n) is 7.63. The average molecular weight is 380 g/mol. The number of amides is 3. The van der Waals surface area contributed by atoms with E-state index in [-0.39, 0.29) is 24.1 Å². The molecule has 132 valence electrons. The minimum atomic E-state index is -0.244. The van der Waals surface area contributed by atoms with Gasteiger partial charge in [0.2, 0.25) is 11.8 Å². The number of carbonyl (C=O) groups is 3. The van der Waals surface area contributed by atoms with Gasteiger partial charge in [0.25, 0.3) is 5.91 Å². The summed E-state index contributed by atoms with van der Waals surface area (Å²) in [7, 11) is 0. The molecule has 6 nitrogen and oxygen atoms in total. The Hall–Kier alpha value is -2.38. The molecule has 0 aliphatic heterocycles. The van der Waals surface area contributed by atoms with Gasteiger partial charge in [0.1, 0.15) is 0 Å². The maximum atomic E-state index is 12.0. The highest BCUT2D eigenvalue weighted by Gasteiger charge is 2.08. The van der Waals surface area contributed by atoms with Crippen molar-refractivity contribution in [3.63, 3.8) is 0 Å². The minimum Gasteiger partial charge on any atom is -0.352 e. The lowest BCUT2D eigenvalue weighted by molar-refractivity contribution is -0.116. The summed E-state index contributed by atoms with van der Waals surface area (Å²) >= 11 is 7.44. The molecule has 1 aromatic heterocycles. The third kappa shape index (κ3) is 6.21. The number of rotatable bonds is 7. The van der Waals surface area contributed by atoms with Crippen LogP contribution in [0.25, 0.3) is 0 Å². The summed E-state index contributed by atoms with van der Waals surface area (Å²) in [6, 6.07) is 6.60. The minimum absolute atomic E-state index is 0.140. The molecule has 2 rings (SSSR count). The Morgan fingerprint density at radius 1 is 1.16 bits per heavy atom. The fourth-order valence-electron chi connectivity index (χ4n) is 2.06. The van der Waals surface area contributed by atoms with Crippen LogP contribution in [0.5, 0.6) is 0 Å². The molecule has 0 aliphatic rings. The fourth-order valence-corrected chi connectivity index (χ4v) is 2.86. The highest BCUT2D eigenvalue weighted by Crippen LogP contribution is 2.25. The SMILES string of the molecule is CC(=O)Nc1cc(NC(=O)CCCNC(=O)c2ccsc2)ccc1Cl. The first-order valence-corrected chi connectivity index (χ1v) is 8.95. The van der Waals surface area contributed by atoms with Crippen LogP contribution in [0.1, 0.15) is 30.1 Å². The van der Waals surface area contributed by atoms with Crippen LogP contribution in [0.3, 0.4) is 0 Å². The van der Waals surface area contributed by atoms with E-state index in [1.165, 1.54) is 18.3 Å². The normalized spacial score (nSPS) is 10.2. The Bertz CT molecular complexity index is 763. The molecule has 0 bridgehead atoms. The standard InChI is InChI=1S/C17H18ClN3O3S/c1-11(22)20-15-9-13(4-5-14(15)18)21-16(23)3-2-7-19-17(24)12-6-8-25-10-12/h4-6,8-10H,2-3,7H2,1H3,(H,19,24)(H,20,22)(H,21,23). The lowest BCUT2D eigenvalue weighted by atomic mass is 10.2. The summed E-state index contributed by atoms with van der Waals surface area (Å²) < 4.78 is 0. The van der Waals surface area contributed by atoms with Crippen LogP contribution in [0.4, 0.5) is 11.4 Å². The Balaban J connectivity index is 1.76. The second-order valence-corrected chi connectivity index (χ2v) is 6.48. The van der Waals surface area contributed by atoms with Gasteiger partial charge in [-0.2, -0.15) is 11.3 Å². The third-order valence-corrected chi connectivity index (χ3v) is 4.22. The monoisotopic (exact) mass is 379 g/mol. The van der Waals surface area contributed by atoms with Crippen LogP contribution in [0.15, 0.2) is 35.0 Å². The van der Waals surface area contributed by atoms with Crippen molar-refractivity contribution in [2.45, 2.75) is 19.8 Å². The predicted octanol–water partition coefficient (Wildman–Crippen LogP) is 3.51. The van der Waals surface area contributed by atoms with Gasteiger partial charge in [-0.15, -0.1) is 0 Å². The molecule has 0 radical (unpaired) electrons. The van der Waals surface area contributed by atoms with Gasteiger partial charge in [0.05, 0.1) is 10.7 Å². The van der Waals surface area contributed by atoms with Crippen LogP contribution in [0, 0.1) is 0 Å². The molecule has 0 spiro atoms. The molecule has 25 heavy (non-hydrogen) atoms. The molecule has 0 unspecified atom stereocenters. The van der Waals surface area contributed by atoms with Gasteiger partial charge in [-0.3, -0.25) is 14.4 Å². The number of carbonyl (C=O) groups excluding carboxylic acids is 3. The van der Waals surface area contributed by atoms with Gasteiger partial charge >= 0.3 is 0 Å². The number of hydrogen-bond acceptors (Lipinski definition) is 4. The van der Waals surface area contributed by atoms with Gasteiger partial charge in [-0.25, -0.2) is 0 Å². The topological polar surface area (TPSA) is 87.3 Å². The zero-order valence-electron chi connectivity index (χ0n) is 13.6. The van der Waals surface area contributed by atoms with Crippen LogP contribution in [-0.4, -0.2) is 24.3 Å². The van der Waals surface area contributed by atoms with Gasteiger partial charge in [-0.1, -0.05) is 11.6 Å². The predicted molar refractivity (Wildman–Crippen MR) is 100 cm³/mol. The lowest BCUT2D eigenvalue weighted by Gasteiger charge is -2.10. The van der Waals surface area contributed by atoms with E-state index < -0.39 is 0 Å². The maximum Gasteiger partial charge on any atom is 0.252 e. The molecule has 0 saturated heterocycles. The molecule has 0 saturated carbocycles. The summed E-state index contributed by atoms with van der Waals surface area (Å²) in [5.74, 6) is -0.563. The third-order valence-electron chi connectivity index (χ3n) is 3.21. The number of thiophene rings is 1. The van der Waals surface area contributed by atoms with Gasteiger partial charge in [0.15, 0.2) is 0 Å².